The Morgan fingerprint density at radius 2 is 1.77 bits per heavy atom. The lowest BCUT2D eigenvalue weighted by molar-refractivity contribution is 0.354. The molecule has 2 aromatic carbocycles. The lowest BCUT2D eigenvalue weighted by Gasteiger charge is -2.09. The second-order valence-corrected chi connectivity index (χ2v) is 7.22. The summed E-state index contributed by atoms with van der Waals surface area (Å²) in [5, 5.41) is 4.57. The Morgan fingerprint density at radius 3 is 2.50 bits per heavy atom. The van der Waals surface area contributed by atoms with Crippen molar-refractivity contribution in [3.05, 3.63) is 64.8 Å². The van der Waals surface area contributed by atoms with E-state index in [-0.39, 0.29) is 0 Å². The molecule has 0 spiro atoms. The number of thiazole rings is 1. The molecule has 1 aromatic heterocycles. The predicted octanol–water partition coefficient (Wildman–Crippen LogP) is 4.47. The maximum Gasteiger partial charge on any atom is 0.160 e. The molecule has 0 amide bonds. The minimum Gasteiger partial charge on any atom is -0.493 e. The van der Waals surface area contributed by atoms with Crippen molar-refractivity contribution in [1.82, 2.24) is 10.3 Å². The van der Waals surface area contributed by atoms with Gasteiger partial charge in [0.2, 0.25) is 0 Å². The molecule has 0 aliphatic carbocycles. The van der Waals surface area contributed by atoms with Crippen LogP contribution in [0.15, 0.2) is 48.7 Å². The Kier molecular flexibility index (Phi) is 6.26. The van der Waals surface area contributed by atoms with Crippen LogP contribution in [-0.4, -0.2) is 25.7 Å². The molecule has 0 unspecified atom stereocenters. The molecule has 3 rings (SSSR count). The molecule has 136 valence electrons. The van der Waals surface area contributed by atoms with Crippen molar-refractivity contribution in [2.75, 3.05) is 20.8 Å². The maximum absolute atomic E-state index is 5.35. The van der Waals surface area contributed by atoms with Crippen molar-refractivity contribution >= 4 is 11.3 Å². The first kappa shape index (κ1) is 18.4. The van der Waals surface area contributed by atoms with Crippen LogP contribution in [0.4, 0.5) is 0 Å². The van der Waals surface area contributed by atoms with Crippen LogP contribution in [0.5, 0.6) is 11.5 Å². The molecule has 3 aromatic rings. The van der Waals surface area contributed by atoms with Crippen LogP contribution in [0.25, 0.3) is 10.4 Å². The van der Waals surface area contributed by atoms with Gasteiger partial charge in [0, 0.05) is 12.7 Å². The molecule has 0 saturated carbocycles. The van der Waals surface area contributed by atoms with Crippen LogP contribution in [0, 0.1) is 6.92 Å². The van der Waals surface area contributed by atoms with E-state index in [0.29, 0.717) is 0 Å². The quantitative estimate of drug-likeness (QED) is 0.596. The van der Waals surface area contributed by atoms with Gasteiger partial charge in [-0.25, -0.2) is 4.98 Å². The summed E-state index contributed by atoms with van der Waals surface area (Å²) in [5.74, 6) is 1.53. The average molecular weight is 369 g/mol. The number of hydrogen-bond donors (Lipinski definition) is 1. The molecule has 1 N–H and O–H groups in total. The molecule has 0 aliphatic rings. The van der Waals surface area contributed by atoms with Gasteiger partial charge in [-0.3, -0.25) is 0 Å². The third-order valence-corrected chi connectivity index (χ3v) is 5.25. The summed E-state index contributed by atoms with van der Waals surface area (Å²) in [6.07, 6.45) is 2.89. The van der Waals surface area contributed by atoms with E-state index in [1.54, 1.807) is 25.6 Å². The van der Waals surface area contributed by atoms with Gasteiger partial charge >= 0.3 is 0 Å². The summed E-state index contributed by atoms with van der Waals surface area (Å²) in [6, 6.07) is 14.6. The number of aryl methyl sites for hydroxylation is 1. The number of nitrogens with zero attached hydrogens (tertiary/aromatic N) is 1. The van der Waals surface area contributed by atoms with E-state index in [2.05, 4.69) is 47.6 Å². The second-order valence-electron chi connectivity index (χ2n) is 6.10. The topological polar surface area (TPSA) is 43.4 Å². The first-order valence-corrected chi connectivity index (χ1v) is 9.44. The minimum absolute atomic E-state index is 0.760. The van der Waals surface area contributed by atoms with Gasteiger partial charge < -0.3 is 14.8 Å². The van der Waals surface area contributed by atoms with E-state index in [0.717, 1.165) is 36.0 Å². The summed E-state index contributed by atoms with van der Waals surface area (Å²) in [7, 11) is 3.31. The Morgan fingerprint density at radius 1 is 1.00 bits per heavy atom. The molecular formula is C21H24N2O2S. The van der Waals surface area contributed by atoms with Crippen LogP contribution in [0.1, 0.15) is 16.1 Å². The van der Waals surface area contributed by atoms with Crippen LogP contribution in [-0.2, 0) is 13.0 Å². The van der Waals surface area contributed by atoms with Gasteiger partial charge in [0.15, 0.2) is 11.5 Å². The van der Waals surface area contributed by atoms with Crippen molar-refractivity contribution in [2.45, 2.75) is 19.9 Å². The maximum atomic E-state index is 5.35. The Balaban J connectivity index is 1.50. The Bertz CT molecular complexity index is 843. The van der Waals surface area contributed by atoms with E-state index in [9.17, 15) is 0 Å². The fourth-order valence-corrected chi connectivity index (χ4v) is 3.60. The summed E-state index contributed by atoms with van der Waals surface area (Å²) in [4.78, 5) is 5.74. The van der Waals surface area contributed by atoms with E-state index >= 15 is 0 Å². The fraction of sp³-hybridized carbons (Fsp3) is 0.286. The van der Waals surface area contributed by atoms with Crippen molar-refractivity contribution in [3.63, 3.8) is 0 Å². The fourth-order valence-electron chi connectivity index (χ4n) is 2.71. The lowest BCUT2D eigenvalue weighted by atomic mass is 10.1. The highest BCUT2D eigenvalue weighted by molar-refractivity contribution is 7.15. The number of aromatic nitrogens is 1. The van der Waals surface area contributed by atoms with Gasteiger partial charge in [-0.1, -0.05) is 35.9 Å². The molecule has 0 saturated heterocycles. The van der Waals surface area contributed by atoms with Crippen molar-refractivity contribution in [3.8, 4) is 21.9 Å². The smallest absolute Gasteiger partial charge is 0.160 e. The van der Waals surface area contributed by atoms with Crippen LogP contribution in [0.3, 0.4) is 0 Å². The normalized spacial score (nSPS) is 10.7. The van der Waals surface area contributed by atoms with Crippen LogP contribution < -0.4 is 14.8 Å². The minimum atomic E-state index is 0.760. The average Bonchev–Trinajstić information content (AvgIpc) is 3.14. The van der Waals surface area contributed by atoms with Gasteiger partial charge in [0.1, 0.15) is 5.01 Å². The predicted molar refractivity (Wildman–Crippen MR) is 107 cm³/mol. The van der Waals surface area contributed by atoms with E-state index in [1.165, 1.54) is 21.6 Å². The molecule has 5 heteroatoms. The number of hydrogen-bond acceptors (Lipinski definition) is 5. The Hall–Kier alpha value is -2.37. The summed E-state index contributed by atoms with van der Waals surface area (Å²) in [5.41, 5.74) is 3.72. The second kappa shape index (κ2) is 8.83. The molecular weight excluding hydrogens is 344 g/mol. The van der Waals surface area contributed by atoms with Crippen molar-refractivity contribution in [1.29, 1.82) is 0 Å². The molecule has 0 radical (unpaired) electrons. The number of ether oxygens (including phenoxy) is 2. The molecule has 4 nitrogen and oxygen atoms in total. The van der Waals surface area contributed by atoms with Gasteiger partial charge in [0.25, 0.3) is 0 Å². The van der Waals surface area contributed by atoms with Gasteiger partial charge in [0.05, 0.1) is 19.1 Å². The number of benzene rings is 2. The largest absolute Gasteiger partial charge is 0.493 e. The summed E-state index contributed by atoms with van der Waals surface area (Å²) >= 11 is 1.74. The summed E-state index contributed by atoms with van der Waals surface area (Å²) < 4.78 is 10.6. The van der Waals surface area contributed by atoms with E-state index < -0.39 is 0 Å². The van der Waals surface area contributed by atoms with Crippen LogP contribution in [0.2, 0.25) is 0 Å². The molecule has 1 heterocycles. The molecule has 0 aliphatic heterocycles. The number of nitrogens with one attached hydrogen (secondary N) is 1. The zero-order valence-corrected chi connectivity index (χ0v) is 16.2. The van der Waals surface area contributed by atoms with Gasteiger partial charge in [-0.2, -0.15) is 0 Å². The highest BCUT2D eigenvalue weighted by Crippen LogP contribution is 2.28. The molecule has 26 heavy (non-hydrogen) atoms. The van der Waals surface area contributed by atoms with E-state index in [1.807, 2.05) is 18.3 Å². The van der Waals surface area contributed by atoms with Gasteiger partial charge in [-0.05, 0) is 43.1 Å². The Labute approximate surface area is 158 Å². The van der Waals surface area contributed by atoms with E-state index in [4.69, 9.17) is 9.47 Å². The molecule has 0 atom stereocenters. The lowest BCUT2D eigenvalue weighted by Crippen LogP contribution is -2.16. The van der Waals surface area contributed by atoms with Crippen molar-refractivity contribution in [2.24, 2.45) is 0 Å². The standard InChI is InChI=1S/C21H24N2O2S/c1-15-4-7-17(8-5-15)20-13-23-21(26-20)14-22-11-10-16-6-9-18(24-2)19(12-16)25-3/h4-9,12-13,22H,10-11,14H2,1-3H3. The van der Waals surface area contributed by atoms with Gasteiger partial charge in [-0.15, -0.1) is 11.3 Å². The number of methoxy groups -OCH3 is 2. The highest BCUT2D eigenvalue weighted by Gasteiger charge is 2.06. The SMILES string of the molecule is COc1ccc(CCNCc2ncc(-c3ccc(C)cc3)s2)cc1OC. The zero-order chi connectivity index (χ0) is 18.4. The summed E-state index contributed by atoms with van der Waals surface area (Å²) in [6.45, 7) is 3.77. The first-order chi connectivity index (χ1) is 12.7. The van der Waals surface area contributed by atoms with Crippen molar-refractivity contribution < 1.29 is 9.47 Å². The first-order valence-electron chi connectivity index (χ1n) is 8.63. The van der Waals surface area contributed by atoms with Crippen LogP contribution >= 0.6 is 11.3 Å². The molecule has 0 fully saturated rings. The monoisotopic (exact) mass is 368 g/mol. The number of rotatable bonds is 8. The highest BCUT2D eigenvalue weighted by atomic mass is 32.1. The molecule has 0 bridgehead atoms. The third-order valence-electron chi connectivity index (χ3n) is 4.20. The third kappa shape index (κ3) is 4.62. The zero-order valence-electron chi connectivity index (χ0n) is 15.4.